The average Bonchev–Trinajstić information content (AvgIpc) is 2.93. The summed E-state index contributed by atoms with van der Waals surface area (Å²) in [6.07, 6.45) is 1.02. The molecule has 2 amide bonds. The number of rotatable bonds is 8. The number of carbonyl (C=O) groups is 3. The Morgan fingerprint density at radius 3 is 2.32 bits per heavy atom. The second-order valence-corrected chi connectivity index (χ2v) is 9.35. The number of carbonyl (C=O) groups excluding carboxylic acids is 2. The largest absolute Gasteiger partial charge is 0.479 e. The van der Waals surface area contributed by atoms with Gasteiger partial charge in [-0.1, -0.05) is 60.7 Å². The summed E-state index contributed by atoms with van der Waals surface area (Å²) in [6, 6.07) is 22.6. The normalized spacial score (nSPS) is 15.6. The highest BCUT2D eigenvalue weighted by atomic mass is 16.4. The predicted octanol–water partition coefficient (Wildman–Crippen LogP) is 3.47. The average molecular weight is 502 g/mol. The molecule has 37 heavy (non-hydrogen) atoms. The molecular formula is C29H31N3O5. The van der Waals surface area contributed by atoms with Crippen LogP contribution in [0.5, 0.6) is 0 Å². The molecule has 8 heteroatoms. The standard InChI is InChI=1S/C29H31N3O5/c30-19-20-6-4-7-22(16-20)21-12-14-32(15-13-21)27(34)23-8-5-11-25(17-23)31-26(33)18-29(37,28(35)36)24-9-2-1-3-10-24/h1-11,16-17,21,37H,12-15,18-19,30H2,(H,31,33)(H,35,36)/t29-/m1/s1. The number of carboxylic acid groups (broad SMARTS) is 1. The molecule has 1 fully saturated rings. The summed E-state index contributed by atoms with van der Waals surface area (Å²) in [6.45, 7) is 1.74. The van der Waals surface area contributed by atoms with Crippen LogP contribution in [0.25, 0.3) is 0 Å². The number of hydrogen-bond donors (Lipinski definition) is 4. The van der Waals surface area contributed by atoms with E-state index in [0.29, 0.717) is 36.8 Å². The van der Waals surface area contributed by atoms with Crippen LogP contribution in [-0.4, -0.2) is 46.0 Å². The maximum absolute atomic E-state index is 13.2. The van der Waals surface area contributed by atoms with E-state index in [1.165, 1.54) is 17.7 Å². The summed E-state index contributed by atoms with van der Waals surface area (Å²) < 4.78 is 0. The van der Waals surface area contributed by atoms with E-state index in [4.69, 9.17) is 5.73 Å². The number of piperidine rings is 1. The number of carboxylic acids is 1. The Balaban J connectivity index is 1.39. The van der Waals surface area contributed by atoms with E-state index in [-0.39, 0.29) is 11.5 Å². The number of nitrogens with one attached hydrogen (secondary N) is 1. The van der Waals surface area contributed by atoms with Crippen LogP contribution in [-0.2, 0) is 21.7 Å². The van der Waals surface area contributed by atoms with Crippen LogP contribution in [0.15, 0.2) is 78.9 Å². The van der Waals surface area contributed by atoms with Gasteiger partial charge in [-0.2, -0.15) is 0 Å². The molecule has 0 aromatic heterocycles. The lowest BCUT2D eigenvalue weighted by Crippen LogP contribution is -2.39. The third kappa shape index (κ3) is 6.04. The first-order valence-corrected chi connectivity index (χ1v) is 12.3. The molecule has 5 N–H and O–H groups in total. The molecule has 0 spiro atoms. The number of aliphatic carboxylic acids is 1. The minimum atomic E-state index is -2.37. The Bertz CT molecular complexity index is 1270. The van der Waals surface area contributed by atoms with Gasteiger partial charge in [0.15, 0.2) is 5.60 Å². The van der Waals surface area contributed by atoms with Crippen molar-refractivity contribution in [1.29, 1.82) is 0 Å². The van der Waals surface area contributed by atoms with E-state index in [0.717, 1.165) is 18.4 Å². The first-order chi connectivity index (χ1) is 17.8. The molecule has 1 heterocycles. The number of aliphatic hydroxyl groups is 1. The minimum absolute atomic E-state index is 0.111. The first-order valence-electron chi connectivity index (χ1n) is 12.3. The van der Waals surface area contributed by atoms with Crippen LogP contribution in [0.1, 0.15) is 52.2 Å². The molecule has 192 valence electrons. The number of hydrogen-bond acceptors (Lipinski definition) is 5. The molecule has 0 radical (unpaired) electrons. The molecule has 8 nitrogen and oxygen atoms in total. The maximum atomic E-state index is 13.2. The van der Waals surface area contributed by atoms with Gasteiger partial charge in [0.05, 0.1) is 6.42 Å². The summed E-state index contributed by atoms with van der Waals surface area (Å²) in [5.41, 5.74) is 6.64. The highest BCUT2D eigenvalue weighted by Gasteiger charge is 2.40. The Kier molecular flexibility index (Phi) is 8.01. The maximum Gasteiger partial charge on any atom is 0.340 e. The van der Waals surface area contributed by atoms with Crippen LogP contribution in [0.4, 0.5) is 5.69 Å². The molecular weight excluding hydrogens is 470 g/mol. The van der Waals surface area contributed by atoms with Crippen molar-refractivity contribution in [1.82, 2.24) is 4.90 Å². The second-order valence-electron chi connectivity index (χ2n) is 9.35. The van der Waals surface area contributed by atoms with Crippen molar-refractivity contribution in [3.05, 3.63) is 101 Å². The van der Waals surface area contributed by atoms with Gasteiger partial charge in [0.2, 0.25) is 5.91 Å². The van der Waals surface area contributed by atoms with E-state index in [2.05, 4.69) is 17.4 Å². The van der Waals surface area contributed by atoms with Crippen LogP contribution < -0.4 is 11.1 Å². The fraction of sp³-hybridized carbons (Fsp3) is 0.276. The molecule has 0 saturated carbocycles. The van der Waals surface area contributed by atoms with Crippen molar-refractivity contribution in [2.75, 3.05) is 18.4 Å². The fourth-order valence-electron chi connectivity index (χ4n) is 4.76. The van der Waals surface area contributed by atoms with E-state index < -0.39 is 23.9 Å². The van der Waals surface area contributed by atoms with Crippen molar-refractivity contribution in [2.45, 2.75) is 37.3 Å². The Hall–Kier alpha value is -4.01. The zero-order valence-electron chi connectivity index (χ0n) is 20.5. The predicted molar refractivity (Wildman–Crippen MR) is 140 cm³/mol. The van der Waals surface area contributed by atoms with Gasteiger partial charge < -0.3 is 26.2 Å². The molecule has 4 rings (SSSR count). The number of nitrogens with two attached hydrogens (primary N) is 1. The van der Waals surface area contributed by atoms with E-state index in [9.17, 15) is 24.6 Å². The second kappa shape index (κ2) is 11.4. The van der Waals surface area contributed by atoms with Gasteiger partial charge in [0.25, 0.3) is 5.91 Å². The topological polar surface area (TPSA) is 133 Å². The Labute approximate surface area is 215 Å². The number of nitrogens with zero attached hydrogens (tertiary/aromatic N) is 1. The van der Waals surface area contributed by atoms with E-state index in [1.807, 2.05) is 17.0 Å². The van der Waals surface area contributed by atoms with Gasteiger partial charge in [-0.25, -0.2) is 4.79 Å². The first kappa shape index (κ1) is 26.1. The highest BCUT2D eigenvalue weighted by Crippen LogP contribution is 2.30. The zero-order valence-corrected chi connectivity index (χ0v) is 20.5. The summed E-state index contributed by atoms with van der Waals surface area (Å²) in [4.78, 5) is 39.4. The summed E-state index contributed by atoms with van der Waals surface area (Å²) >= 11 is 0. The Morgan fingerprint density at radius 1 is 0.946 bits per heavy atom. The number of likely N-dealkylation sites (tertiary alicyclic amines) is 1. The summed E-state index contributed by atoms with van der Waals surface area (Å²) in [5.74, 6) is -1.95. The van der Waals surface area contributed by atoms with Crippen molar-refractivity contribution in [3.63, 3.8) is 0 Å². The van der Waals surface area contributed by atoms with Gasteiger partial charge >= 0.3 is 5.97 Å². The van der Waals surface area contributed by atoms with Gasteiger partial charge in [-0.15, -0.1) is 0 Å². The van der Waals surface area contributed by atoms with Crippen LogP contribution in [0, 0.1) is 0 Å². The number of benzene rings is 3. The molecule has 1 atom stereocenters. The van der Waals surface area contributed by atoms with Gasteiger partial charge in [0.1, 0.15) is 0 Å². The SMILES string of the molecule is NCc1cccc(C2CCN(C(=O)c3cccc(NC(=O)C[C@](O)(C(=O)O)c4ccccc4)c3)CC2)c1. The van der Waals surface area contributed by atoms with Gasteiger partial charge in [-0.3, -0.25) is 9.59 Å². The quantitative estimate of drug-likeness (QED) is 0.374. The molecule has 1 saturated heterocycles. The van der Waals surface area contributed by atoms with Gasteiger partial charge in [-0.05, 0) is 53.6 Å². The fourth-order valence-corrected chi connectivity index (χ4v) is 4.76. The molecule has 1 aliphatic rings. The van der Waals surface area contributed by atoms with Crippen LogP contribution in [0.2, 0.25) is 0 Å². The van der Waals surface area contributed by atoms with Crippen molar-refractivity contribution < 1.29 is 24.6 Å². The lowest BCUT2D eigenvalue weighted by atomic mass is 9.88. The van der Waals surface area contributed by atoms with E-state index in [1.54, 1.807) is 42.5 Å². The zero-order chi connectivity index (χ0) is 26.4. The molecule has 0 aliphatic carbocycles. The number of anilines is 1. The third-order valence-corrected chi connectivity index (χ3v) is 6.86. The van der Waals surface area contributed by atoms with Crippen molar-refractivity contribution in [2.24, 2.45) is 5.73 Å². The molecule has 3 aromatic rings. The van der Waals surface area contributed by atoms with E-state index >= 15 is 0 Å². The lowest BCUT2D eigenvalue weighted by molar-refractivity contribution is -0.162. The minimum Gasteiger partial charge on any atom is -0.479 e. The molecule has 3 aromatic carbocycles. The monoisotopic (exact) mass is 501 g/mol. The van der Waals surface area contributed by atoms with Gasteiger partial charge in [0, 0.05) is 30.9 Å². The van der Waals surface area contributed by atoms with Crippen LogP contribution in [0.3, 0.4) is 0 Å². The highest BCUT2D eigenvalue weighted by molar-refractivity contribution is 5.98. The van der Waals surface area contributed by atoms with Crippen LogP contribution >= 0.6 is 0 Å². The smallest absolute Gasteiger partial charge is 0.340 e. The Morgan fingerprint density at radius 2 is 1.65 bits per heavy atom. The summed E-state index contributed by atoms with van der Waals surface area (Å²) in [7, 11) is 0. The molecule has 0 bridgehead atoms. The molecule has 0 unspecified atom stereocenters. The number of amides is 2. The van der Waals surface area contributed by atoms with Crippen molar-refractivity contribution in [3.8, 4) is 0 Å². The lowest BCUT2D eigenvalue weighted by Gasteiger charge is -2.32. The summed E-state index contributed by atoms with van der Waals surface area (Å²) in [5, 5.41) is 22.9. The van der Waals surface area contributed by atoms with Crippen molar-refractivity contribution >= 4 is 23.5 Å². The third-order valence-electron chi connectivity index (χ3n) is 6.86. The molecule has 1 aliphatic heterocycles.